The molecule has 0 fully saturated rings. The predicted octanol–water partition coefficient (Wildman–Crippen LogP) is 4.48. The number of hydrogen-bond donors (Lipinski definition) is 0. The molecule has 2 aromatic rings. The van der Waals surface area contributed by atoms with Crippen molar-refractivity contribution in [3.05, 3.63) is 59.7 Å². The van der Waals surface area contributed by atoms with Gasteiger partial charge in [0.05, 0.1) is 27.0 Å². The number of benzene rings is 2. The van der Waals surface area contributed by atoms with Crippen molar-refractivity contribution in [2.45, 2.75) is 32.9 Å². The summed E-state index contributed by atoms with van der Waals surface area (Å²) in [5, 5.41) is 5.64. The van der Waals surface area contributed by atoms with Gasteiger partial charge in [0, 0.05) is 11.6 Å². The highest BCUT2D eigenvalue weighted by molar-refractivity contribution is 5.82. The van der Waals surface area contributed by atoms with Gasteiger partial charge in [-0.05, 0) is 38.5 Å². The Morgan fingerprint density at radius 2 is 1.63 bits per heavy atom. The third kappa shape index (κ3) is 6.66. The summed E-state index contributed by atoms with van der Waals surface area (Å²) in [5.41, 5.74) is 1.08. The van der Waals surface area contributed by atoms with Crippen molar-refractivity contribution in [3.8, 4) is 11.5 Å². The number of carbonyl (C=O) groups is 1. The minimum atomic E-state index is -0.610. The Labute approximate surface area is 160 Å². The van der Waals surface area contributed by atoms with E-state index in [0.29, 0.717) is 18.0 Å². The molecule has 1 amide bonds. The minimum absolute atomic E-state index is 0.299. The maximum Gasteiger partial charge on any atom is 0.431 e. The van der Waals surface area contributed by atoms with E-state index in [1.165, 1.54) is 5.01 Å². The van der Waals surface area contributed by atoms with Crippen LogP contribution >= 0.6 is 0 Å². The molecule has 0 aromatic heterocycles. The fraction of sp³-hybridized carbons (Fsp3) is 0.333. The minimum Gasteiger partial charge on any atom is -0.497 e. The molecule has 0 aliphatic heterocycles. The maximum absolute atomic E-state index is 12.6. The van der Waals surface area contributed by atoms with Crippen molar-refractivity contribution in [1.82, 2.24) is 5.01 Å². The normalized spacial score (nSPS) is 11.3. The Bertz CT molecular complexity index is 760. The molecule has 0 spiro atoms. The number of nitrogens with zero attached hydrogens (tertiary/aromatic N) is 2. The molecule has 6 heteroatoms. The Morgan fingerprint density at radius 1 is 1.04 bits per heavy atom. The van der Waals surface area contributed by atoms with Crippen molar-refractivity contribution >= 4 is 12.3 Å². The van der Waals surface area contributed by atoms with Crippen LogP contribution in [0.1, 0.15) is 31.9 Å². The first-order valence-electron chi connectivity index (χ1n) is 8.62. The number of carbonyl (C=O) groups excluding carboxylic acids is 1. The average Bonchev–Trinajstić information content (AvgIpc) is 2.64. The van der Waals surface area contributed by atoms with Crippen LogP contribution in [-0.4, -0.2) is 37.1 Å². The number of rotatable bonds is 6. The summed E-state index contributed by atoms with van der Waals surface area (Å²) in [4.78, 5) is 12.6. The summed E-state index contributed by atoms with van der Waals surface area (Å²) in [5.74, 6) is 1.28. The molecule has 0 aliphatic carbocycles. The highest BCUT2D eigenvalue weighted by atomic mass is 16.6. The zero-order chi connectivity index (χ0) is 19.9. The molecular formula is C21H26N2O4. The van der Waals surface area contributed by atoms with Crippen molar-refractivity contribution in [2.75, 3.05) is 14.2 Å². The highest BCUT2D eigenvalue weighted by Crippen LogP contribution is 2.22. The van der Waals surface area contributed by atoms with Crippen molar-refractivity contribution < 1.29 is 19.0 Å². The van der Waals surface area contributed by atoms with Crippen molar-refractivity contribution in [1.29, 1.82) is 0 Å². The van der Waals surface area contributed by atoms with Crippen LogP contribution in [0.15, 0.2) is 53.6 Å². The predicted molar refractivity (Wildman–Crippen MR) is 105 cm³/mol. The fourth-order valence-electron chi connectivity index (χ4n) is 2.26. The lowest BCUT2D eigenvalue weighted by Crippen LogP contribution is -2.33. The molecule has 0 unspecified atom stereocenters. The van der Waals surface area contributed by atoms with Crippen LogP contribution in [0.2, 0.25) is 0 Å². The second kappa shape index (κ2) is 9.07. The van der Waals surface area contributed by atoms with Crippen molar-refractivity contribution in [2.24, 2.45) is 5.10 Å². The van der Waals surface area contributed by atoms with Crippen LogP contribution in [0.3, 0.4) is 0 Å². The molecule has 2 aromatic carbocycles. The molecule has 144 valence electrons. The maximum atomic E-state index is 12.6. The van der Waals surface area contributed by atoms with Crippen LogP contribution in [0.25, 0.3) is 0 Å². The van der Waals surface area contributed by atoms with Crippen LogP contribution < -0.4 is 9.47 Å². The second-order valence-corrected chi connectivity index (χ2v) is 6.91. The molecule has 0 N–H and O–H groups in total. The fourth-order valence-corrected chi connectivity index (χ4v) is 2.26. The van der Waals surface area contributed by atoms with Crippen molar-refractivity contribution in [3.63, 3.8) is 0 Å². The quantitative estimate of drug-likeness (QED) is 0.556. The Morgan fingerprint density at radius 3 is 2.15 bits per heavy atom. The van der Waals surface area contributed by atoms with Gasteiger partial charge in [0.2, 0.25) is 0 Å². The van der Waals surface area contributed by atoms with E-state index in [-0.39, 0.29) is 0 Å². The lowest BCUT2D eigenvalue weighted by molar-refractivity contribution is 0.0240. The van der Waals surface area contributed by atoms with E-state index in [0.717, 1.165) is 11.1 Å². The third-order valence-electron chi connectivity index (χ3n) is 3.50. The molecule has 0 atom stereocenters. The zero-order valence-corrected chi connectivity index (χ0v) is 16.4. The van der Waals surface area contributed by atoms with Gasteiger partial charge < -0.3 is 14.2 Å². The van der Waals surface area contributed by atoms with Gasteiger partial charge in [-0.25, -0.2) is 4.79 Å². The number of ether oxygens (including phenoxy) is 3. The topological polar surface area (TPSA) is 60.4 Å². The molecule has 6 nitrogen and oxygen atoms in total. The first-order chi connectivity index (χ1) is 12.8. The first-order valence-corrected chi connectivity index (χ1v) is 8.62. The van der Waals surface area contributed by atoms with Crippen LogP contribution in [-0.2, 0) is 11.3 Å². The lowest BCUT2D eigenvalue weighted by Gasteiger charge is -2.24. The van der Waals surface area contributed by atoms with Gasteiger partial charge >= 0.3 is 6.09 Å². The molecule has 2 rings (SSSR count). The molecule has 0 saturated carbocycles. The summed E-state index contributed by atoms with van der Waals surface area (Å²) in [6.07, 6.45) is 1.07. The Kier molecular flexibility index (Phi) is 6.82. The summed E-state index contributed by atoms with van der Waals surface area (Å²) in [7, 11) is 3.16. The Hall–Kier alpha value is -3.02. The van der Waals surface area contributed by atoms with Crippen LogP contribution in [0.4, 0.5) is 4.79 Å². The lowest BCUT2D eigenvalue weighted by atomic mass is 10.2. The number of hydrogen-bond acceptors (Lipinski definition) is 5. The molecular weight excluding hydrogens is 344 g/mol. The van der Waals surface area contributed by atoms with E-state index >= 15 is 0 Å². The summed E-state index contributed by atoms with van der Waals surface area (Å²) in [6.45, 7) is 5.76. The van der Waals surface area contributed by atoms with Gasteiger partial charge in [0.1, 0.15) is 17.1 Å². The van der Waals surface area contributed by atoms with E-state index in [2.05, 4.69) is 5.10 Å². The summed E-state index contributed by atoms with van der Waals surface area (Å²) < 4.78 is 16.0. The molecule has 0 bridgehead atoms. The monoisotopic (exact) mass is 370 g/mol. The van der Waals surface area contributed by atoms with E-state index in [9.17, 15) is 4.79 Å². The highest BCUT2D eigenvalue weighted by Gasteiger charge is 2.22. The molecule has 27 heavy (non-hydrogen) atoms. The largest absolute Gasteiger partial charge is 0.497 e. The van der Waals surface area contributed by atoms with E-state index in [1.807, 2.05) is 63.2 Å². The van der Waals surface area contributed by atoms with Gasteiger partial charge in [-0.15, -0.1) is 0 Å². The second-order valence-electron chi connectivity index (χ2n) is 6.91. The van der Waals surface area contributed by atoms with Gasteiger partial charge in [-0.1, -0.05) is 30.3 Å². The van der Waals surface area contributed by atoms with Gasteiger partial charge in [-0.3, -0.25) is 0 Å². The van der Waals surface area contributed by atoms with E-state index in [4.69, 9.17) is 14.2 Å². The molecule has 0 saturated heterocycles. The van der Waals surface area contributed by atoms with E-state index < -0.39 is 11.7 Å². The standard InChI is InChI=1S/C21H26N2O4/c1-21(2,3)27-20(24)23(15-16-9-7-6-8-10-16)22-14-17-11-18(25-4)13-19(12-17)26-5/h6-14H,15H2,1-5H3/b22-14+. The summed E-state index contributed by atoms with van der Waals surface area (Å²) >= 11 is 0. The molecule has 0 radical (unpaired) electrons. The summed E-state index contributed by atoms with van der Waals surface area (Å²) in [6, 6.07) is 15.0. The first kappa shape index (κ1) is 20.3. The number of amides is 1. The molecule has 0 aliphatic rings. The Balaban J connectivity index is 2.27. The van der Waals surface area contributed by atoms with E-state index in [1.54, 1.807) is 26.5 Å². The SMILES string of the molecule is COc1cc(/C=N/N(Cc2ccccc2)C(=O)OC(C)(C)C)cc(OC)c1. The average molecular weight is 370 g/mol. The van der Waals surface area contributed by atoms with Gasteiger partial charge in [0.25, 0.3) is 0 Å². The number of methoxy groups -OCH3 is 2. The smallest absolute Gasteiger partial charge is 0.431 e. The third-order valence-corrected chi connectivity index (χ3v) is 3.50. The molecule has 0 heterocycles. The van der Waals surface area contributed by atoms with Gasteiger partial charge in [0.15, 0.2) is 0 Å². The van der Waals surface area contributed by atoms with Crippen LogP contribution in [0.5, 0.6) is 11.5 Å². The zero-order valence-electron chi connectivity index (χ0n) is 16.4. The number of hydrazone groups is 1. The van der Waals surface area contributed by atoms with Crippen LogP contribution in [0, 0.1) is 0 Å². The van der Waals surface area contributed by atoms with Gasteiger partial charge in [-0.2, -0.15) is 10.1 Å².